The molecule has 5 rings (SSSR count). The molecular weight excluding hydrogens is 584 g/mol. The minimum absolute atomic E-state index is 0.0661. The molecule has 0 unspecified atom stereocenters. The number of benzene rings is 2. The Hall–Kier alpha value is -4.67. The maximum absolute atomic E-state index is 13.9. The molecule has 244 valence electrons. The van der Waals surface area contributed by atoms with Gasteiger partial charge in [0.25, 0.3) is 0 Å². The zero-order valence-electron chi connectivity index (χ0n) is 26.8. The standard InChI is InChI=1S/C35H44N6O5/c1-22(2)32-34(45)38-26(18-24-10-5-4-6-11-24)20-40(31(43)16-15-25-19-36-28-13-8-7-12-27(25)28)21-30(42)37-23(3)35(46)41-17-9-14-29(41)33(44)39-32/h4-8,10-13,19,22-23,26,29,32,36H,9,14-18,20-21H2,1-3H3,(H,37,42)(H,38,45)(H,39,44)/t23-,26-,29+,32-/m0/s1. The van der Waals surface area contributed by atoms with E-state index in [1.54, 1.807) is 6.92 Å². The van der Waals surface area contributed by atoms with Crippen LogP contribution in [0.3, 0.4) is 0 Å². The summed E-state index contributed by atoms with van der Waals surface area (Å²) in [6.07, 6.45) is 4.03. The second-order valence-corrected chi connectivity index (χ2v) is 12.7. The second kappa shape index (κ2) is 14.6. The van der Waals surface area contributed by atoms with E-state index >= 15 is 0 Å². The molecule has 0 radical (unpaired) electrons. The van der Waals surface area contributed by atoms with Gasteiger partial charge in [-0.05, 0) is 55.7 Å². The van der Waals surface area contributed by atoms with Crippen molar-refractivity contribution in [3.05, 3.63) is 71.9 Å². The Bertz CT molecular complexity index is 1570. The largest absolute Gasteiger partial charge is 0.361 e. The summed E-state index contributed by atoms with van der Waals surface area (Å²) in [7, 11) is 0. The van der Waals surface area contributed by atoms with E-state index in [1.165, 1.54) is 9.80 Å². The quantitative estimate of drug-likeness (QED) is 0.331. The Morgan fingerprint density at radius 3 is 2.43 bits per heavy atom. The van der Waals surface area contributed by atoms with Crippen LogP contribution in [0.4, 0.5) is 0 Å². The summed E-state index contributed by atoms with van der Waals surface area (Å²) < 4.78 is 0. The maximum Gasteiger partial charge on any atom is 0.245 e. The molecule has 2 aliphatic heterocycles. The maximum atomic E-state index is 13.9. The molecule has 0 spiro atoms. The van der Waals surface area contributed by atoms with E-state index in [4.69, 9.17) is 0 Å². The van der Waals surface area contributed by atoms with Crippen molar-refractivity contribution < 1.29 is 24.0 Å². The summed E-state index contributed by atoms with van der Waals surface area (Å²) >= 11 is 0. The third kappa shape index (κ3) is 7.75. The summed E-state index contributed by atoms with van der Waals surface area (Å²) in [5.74, 6) is -2.10. The highest BCUT2D eigenvalue weighted by atomic mass is 16.2. The number of hydrogen-bond acceptors (Lipinski definition) is 5. The minimum Gasteiger partial charge on any atom is -0.361 e. The molecule has 2 fully saturated rings. The fourth-order valence-corrected chi connectivity index (χ4v) is 6.47. The second-order valence-electron chi connectivity index (χ2n) is 12.7. The molecule has 0 aliphatic carbocycles. The predicted molar refractivity (Wildman–Crippen MR) is 174 cm³/mol. The smallest absolute Gasteiger partial charge is 0.245 e. The van der Waals surface area contributed by atoms with E-state index < -0.39 is 30.1 Å². The van der Waals surface area contributed by atoms with Crippen LogP contribution >= 0.6 is 0 Å². The molecule has 5 amide bonds. The molecule has 0 bridgehead atoms. The molecule has 2 aromatic carbocycles. The van der Waals surface area contributed by atoms with Gasteiger partial charge in [-0.3, -0.25) is 24.0 Å². The molecule has 2 aliphatic rings. The minimum atomic E-state index is -0.894. The number of hydrogen-bond donors (Lipinski definition) is 4. The van der Waals surface area contributed by atoms with Gasteiger partial charge in [0.2, 0.25) is 29.5 Å². The highest BCUT2D eigenvalue weighted by molar-refractivity contribution is 5.95. The van der Waals surface area contributed by atoms with Crippen LogP contribution in [0.1, 0.15) is 51.2 Å². The third-order valence-electron chi connectivity index (χ3n) is 8.92. The van der Waals surface area contributed by atoms with E-state index in [9.17, 15) is 24.0 Å². The van der Waals surface area contributed by atoms with E-state index in [-0.39, 0.29) is 49.1 Å². The van der Waals surface area contributed by atoms with Crippen LogP contribution in [0.2, 0.25) is 0 Å². The fourth-order valence-electron chi connectivity index (χ4n) is 6.47. The van der Waals surface area contributed by atoms with E-state index in [1.807, 2.05) is 74.6 Å². The first-order valence-corrected chi connectivity index (χ1v) is 16.2. The van der Waals surface area contributed by atoms with Gasteiger partial charge in [-0.25, -0.2) is 0 Å². The van der Waals surface area contributed by atoms with Crippen LogP contribution in [0, 0.1) is 5.92 Å². The molecule has 4 N–H and O–H groups in total. The van der Waals surface area contributed by atoms with E-state index in [0.29, 0.717) is 32.2 Å². The number of amides is 5. The van der Waals surface area contributed by atoms with Gasteiger partial charge in [0.05, 0.1) is 12.6 Å². The van der Waals surface area contributed by atoms with Gasteiger partial charge in [0, 0.05) is 36.6 Å². The van der Waals surface area contributed by atoms with Crippen molar-refractivity contribution in [1.82, 2.24) is 30.7 Å². The number of fused-ring (bicyclic) bond motifs is 2. The Labute approximate surface area is 269 Å². The van der Waals surface area contributed by atoms with Crippen molar-refractivity contribution in [3.63, 3.8) is 0 Å². The molecule has 2 saturated heterocycles. The molecule has 11 nitrogen and oxygen atoms in total. The van der Waals surface area contributed by atoms with Gasteiger partial charge < -0.3 is 30.7 Å². The lowest BCUT2D eigenvalue weighted by molar-refractivity contribution is -0.142. The monoisotopic (exact) mass is 628 g/mol. The Balaban J connectivity index is 1.44. The normalized spacial score (nSPS) is 23.4. The zero-order valence-corrected chi connectivity index (χ0v) is 26.8. The molecule has 3 aromatic rings. The lowest BCUT2D eigenvalue weighted by Gasteiger charge is -2.31. The fraction of sp³-hybridized carbons (Fsp3) is 0.457. The summed E-state index contributed by atoms with van der Waals surface area (Å²) in [6.45, 7) is 5.47. The van der Waals surface area contributed by atoms with Gasteiger partial charge in [-0.1, -0.05) is 62.4 Å². The first-order valence-electron chi connectivity index (χ1n) is 16.2. The van der Waals surface area contributed by atoms with Crippen LogP contribution in [-0.4, -0.2) is 88.1 Å². The van der Waals surface area contributed by atoms with Gasteiger partial charge in [-0.2, -0.15) is 0 Å². The van der Waals surface area contributed by atoms with Crippen molar-refractivity contribution in [2.75, 3.05) is 19.6 Å². The Morgan fingerprint density at radius 2 is 1.67 bits per heavy atom. The van der Waals surface area contributed by atoms with Gasteiger partial charge in [-0.15, -0.1) is 0 Å². The highest BCUT2D eigenvalue weighted by Crippen LogP contribution is 2.21. The van der Waals surface area contributed by atoms with Crippen LogP contribution in [0.25, 0.3) is 10.9 Å². The topological polar surface area (TPSA) is 144 Å². The molecular formula is C35H44N6O5. The lowest BCUT2D eigenvalue weighted by atomic mass is 10.00. The molecule has 46 heavy (non-hydrogen) atoms. The van der Waals surface area contributed by atoms with Crippen molar-refractivity contribution >= 4 is 40.4 Å². The number of carbonyl (C=O) groups excluding carboxylic acids is 5. The molecule has 11 heteroatoms. The van der Waals surface area contributed by atoms with E-state index in [2.05, 4.69) is 20.9 Å². The van der Waals surface area contributed by atoms with Crippen molar-refractivity contribution in [3.8, 4) is 0 Å². The zero-order chi connectivity index (χ0) is 32.8. The number of H-pyrrole nitrogens is 1. The predicted octanol–water partition coefficient (Wildman–Crippen LogP) is 2.31. The Kier molecular flexibility index (Phi) is 10.4. The van der Waals surface area contributed by atoms with Crippen LogP contribution in [-0.2, 0) is 36.8 Å². The number of aryl methyl sites for hydroxylation is 1. The van der Waals surface area contributed by atoms with Crippen molar-refractivity contribution in [2.24, 2.45) is 5.92 Å². The first-order chi connectivity index (χ1) is 22.1. The van der Waals surface area contributed by atoms with Crippen LogP contribution in [0.5, 0.6) is 0 Å². The average Bonchev–Trinajstić information content (AvgIpc) is 3.69. The average molecular weight is 629 g/mol. The van der Waals surface area contributed by atoms with Gasteiger partial charge in [0.15, 0.2) is 0 Å². The first kappa shape index (κ1) is 32.7. The van der Waals surface area contributed by atoms with E-state index in [0.717, 1.165) is 22.0 Å². The number of aromatic nitrogens is 1. The van der Waals surface area contributed by atoms with Crippen LogP contribution in [0.15, 0.2) is 60.8 Å². The summed E-state index contributed by atoms with van der Waals surface area (Å²) in [5, 5.41) is 9.79. The number of nitrogens with one attached hydrogen (secondary N) is 4. The summed E-state index contributed by atoms with van der Waals surface area (Å²) in [6, 6.07) is 14.5. The lowest BCUT2D eigenvalue weighted by Crippen LogP contribution is -2.58. The van der Waals surface area contributed by atoms with Gasteiger partial charge in [0.1, 0.15) is 18.1 Å². The molecule has 3 heterocycles. The SMILES string of the molecule is CC(C)[C@@H]1NC(=O)[C@H]2CCCN2C(=O)[C@H](C)NC(=O)CN(C(=O)CCc2c[nH]c3ccccc23)C[C@H](Cc2ccccc2)NC1=O. The molecule has 4 atom stereocenters. The van der Waals surface area contributed by atoms with Crippen molar-refractivity contribution in [2.45, 2.75) is 77.0 Å². The molecule has 0 saturated carbocycles. The summed E-state index contributed by atoms with van der Waals surface area (Å²) in [4.78, 5) is 74.1. The number of aromatic amines is 1. The number of rotatable bonds is 6. The highest BCUT2D eigenvalue weighted by Gasteiger charge is 2.39. The molecule has 1 aromatic heterocycles. The number of carbonyl (C=O) groups is 5. The van der Waals surface area contributed by atoms with Crippen molar-refractivity contribution in [1.29, 1.82) is 0 Å². The number of para-hydroxylation sites is 1. The van der Waals surface area contributed by atoms with Gasteiger partial charge >= 0.3 is 0 Å². The van der Waals surface area contributed by atoms with Crippen LogP contribution < -0.4 is 16.0 Å². The third-order valence-corrected chi connectivity index (χ3v) is 8.92. The Morgan fingerprint density at radius 1 is 0.935 bits per heavy atom. The number of nitrogens with zero attached hydrogens (tertiary/aromatic N) is 2. The summed E-state index contributed by atoms with van der Waals surface area (Å²) in [5.41, 5.74) is 2.93.